The van der Waals surface area contributed by atoms with E-state index in [2.05, 4.69) is 15.8 Å². The fourth-order valence-electron chi connectivity index (χ4n) is 3.80. The Balaban J connectivity index is 1.43. The molecule has 0 radical (unpaired) electrons. The maximum atomic E-state index is 14.0. The highest BCUT2D eigenvalue weighted by Crippen LogP contribution is 2.34. The number of anilines is 1. The molecule has 188 valence electrons. The molecule has 36 heavy (non-hydrogen) atoms. The Morgan fingerprint density at radius 3 is 2.50 bits per heavy atom. The van der Waals surface area contributed by atoms with Gasteiger partial charge in [0.15, 0.2) is 5.76 Å². The van der Waals surface area contributed by atoms with E-state index in [1.165, 1.54) is 24.3 Å². The van der Waals surface area contributed by atoms with Crippen molar-refractivity contribution in [2.75, 3.05) is 5.32 Å². The van der Waals surface area contributed by atoms with Crippen LogP contribution < -0.4 is 10.6 Å². The highest BCUT2D eigenvalue weighted by Gasteiger charge is 2.30. The van der Waals surface area contributed by atoms with Gasteiger partial charge in [-0.1, -0.05) is 48.3 Å². The van der Waals surface area contributed by atoms with E-state index in [1.54, 1.807) is 38.1 Å². The first-order chi connectivity index (χ1) is 17.2. The van der Waals surface area contributed by atoms with Crippen molar-refractivity contribution in [1.82, 2.24) is 10.5 Å². The summed E-state index contributed by atoms with van der Waals surface area (Å²) in [7, 11) is 0. The smallest absolute Gasteiger partial charge is 0.412 e. The molecule has 0 saturated heterocycles. The molecule has 0 aliphatic heterocycles. The standard InChI is InChI=1S/C26H26FN3O6/c1-14-22(29-26(34)35-15(2)19-5-3-4-6-20(19)27)23(36-30-14)17-9-11-18(12-10-17)24(31)28-21(25(32)33)13-16-7-8-16/h3-6,9-12,15-16,21H,7-8,13H2,1-2H3,(H,28,31)(H,29,34)(H,32,33). The summed E-state index contributed by atoms with van der Waals surface area (Å²) < 4.78 is 24.7. The maximum Gasteiger partial charge on any atom is 0.412 e. The van der Waals surface area contributed by atoms with Gasteiger partial charge in [-0.2, -0.15) is 0 Å². The van der Waals surface area contributed by atoms with Crippen LogP contribution in [0.1, 0.15) is 53.9 Å². The molecule has 2 atom stereocenters. The van der Waals surface area contributed by atoms with Crippen LogP contribution in [0.2, 0.25) is 0 Å². The Morgan fingerprint density at radius 2 is 1.86 bits per heavy atom. The van der Waals surface area contributed by atoms with Gasteiger partial charge in [-0.05, 0) is 44.4 Å². The molecular weight excluding hydrogens is 469 g/mol. The number of hydrogen-bond donors (Lipinski definition) is 3. The lowest BCUT2D eigenvalue weighted by Crippen LogP contribution is -2.41. The second-order valence-electron chi connectivity index (χ2n) is 8.79. The molecule has 4 rings (SSSR count). The summed E-state index contributed by atoms with van der Waals surface area (Å²) in [5, 5.41) is 18.4. The van der Waals surface area contributed by atoms with Gasteiger partial charge >= 0.3 is 12.1 Å². The van der Waals surface area contributed by atoms with Crippen molar-refractivity contribution in [1.29, 1.82) is 0 Å². The molecule has 2 aromatic carbocycles. The van der Waals surface area contributed by atoms with E-state index in [0.29, 0.717) is 23.6 Å². The predicted octanol–water partition coefficient (Wildman–Crippen LogP) is 5.08. The molecular formula is C26H26FN3O6. The Labute approximate surface area is 206 Å². The number of carboxylic acid groups (broad SMARTS) is 1. The van der Waals surface area contributed by atoms with E-state index in [0.717, 1.165) is 12.8 Å². The summed E-state index contributed by atoms with van der Waals surface area (Å²) in [4.78, 5) is 36.5. The van der Waals surface area contributed by atoms with Crippen LogP contribution in [0, 0.1) is 18.7 Å². The quantitative estimate of drug-likeness (QED) is 0.377. The number of nitrogens with one attached hydrogen (secondary N) is 2. The number of aromatic nitrogens is 1. The summed E-state index contributed by atoms with van der Waals surface area (Å²) in [6.45, 7) is 3.19. The lowest BCUT2D eigenvalue weighted by atomic mass is 10.1. The Kier molecular flexibility index (Phi) is 7.33. The van der Waals surface area contributed by atoms with E-state index < -0.39 is 35.9 Å². The molecule has 1 aliphatic carbocycles. The number of halogens is 1. The second kappa shape index (κ2) is 10.6. The zero-order chi connectivity index (χ0) is 25.8. The molecule has 1 heterocycles. The Hall–Kier alpha value is -4.21. The van der Waals surface area contributed by atoms with Gasteiger partial charge < -0.3 is 19.7 Å². The van der Waals surface area contributed by atoms with Gasteiger partial charge in [0.25, 0.3) is 5.91 Å². The average Bonchev–Trinajstić information content (AvgIpc) is 3.60. The van der Waals surface area contributed by atoms with E-state index >= 15 is 0 Å². The molecule has 1 fully saturated rings. The van der Waals surface area contributed by atoms with Crippen LogP contribution in [0.4, 0.5) is 14.9 Å². The van der Waals surface area contributed by atoms with E-state index in [9.17, 15) is 23.9 Å². The Bertz CT molecular complexity index is 1270. The number of hydrogen-bond acceptors (Lipinski definition) is 6. The van der Waals surface area contributed by atoms with Crippen LogP contribution in [-0.4, -0.2) is 34.3 Å². The van der Waals surface area contributed by atoms with Gasteiger partial charge in [-0.15, -0.1) is 0 Å². The van der Waals surface area contributed by atoms with Gasteiger partial charge in [-0.25, -0.2) is 14.0 Å². The minimum Gasteiger partial charge on any atom is -0.480 e. The van der Waals surface area contributed by atoms with Crippen LogP contribution in [0.25, 0.3) is 11.3 Å². The number of rotatable bonds is 9. The largest absolute Gasteiger partial charge is 0.480 e. The fourth-order valence-corrected chi connectivity index (χ4v) is 3.80. The van der Waals surface area contributed by atoms with Crippen molar-refractivity contribution in [3.05, 3.63) is 71.2 Å². The number of carboxylic acids is 1. The zero-order valence-corrected chi connectivity index (χ0v) is 19.8. The highest BCUT2D eigenvalue weighted by atomic mass is 19.1. The third-order valence-electron chi connectivity index (χ3n) is 6.00. The van der Waals surface area contributed by atoms with Crippen molar-refractivity contribution < 1.29 is 33.1 Å². The lowest BCUT2D eigenvalue weighted by Gasteiger charge is -2.15. The number of aryl methyl sites for hydroxylation is 1. The third kappa shape index (κ3) is 5.88. The number of carbonyl (C=O) groups is 3. The number of aliphatic carboxylic acids is 1. The number of amides is 2. The van der Waals surface area contributed by atoms with Crippen molar-refractivity contribution in [2.45, 2.75) is 45.3 Å². The predicted molar refractivity (Wildman–Crippen MR) is 128 cm³/mol. The summed E-state index contributed by atoms with van der Waals surface area (Å²) in [6.07, 6.45) is 0.733. The lowest BCUT2D eigenvalue weighted by molar-refractivity contribution is -0.139. The minimum absolute atomic E-state index is 0.242. The van der Waals surface area contributed by atoms with Gasteiger partial charge in [0.1, 0.15) is 29.3 Å². The minimum atomic E-state index is -1.06. The molecule has 2 unspecified atom stereocenters. The SMILES string of the molecule is Cc1noc(-c2ccc(C(=O)NC(CC3CC3)C(=O)O)cc2)c1NC(=O)OC(C)c1ccccc1F. The molecule has 10 heteroatoms. The van der Waals surface area contributed by atoms with Crippen molar-refractivity contribution in [3.63, 3.8) is 0 Å². The summed E-state index contributed by atoms with van der Waals surface area (Å²) in [5.41, 5.74) is 1.72. The molecule has 3 aromatic rings. The monoisotopic (exact) mass is 495 g/mol. The molecule has 0 spiro atoms. The van der Waals surface area contributed by atoms with Crippen LogP contribution in [0.3, 0.4) is 0 Å². The van der Waals surface area contributed by atoms with Gasteiger partial charge in [-0.3, -0.25) is 10.1 Å². The van der Waals surface area contributed by atoms with Gasteiger partial charge in [0, 0.05) is 16.7 Å². The van der Waals surface area contributed by atoms with Gasteiger partial charge in [0.2, 0.25) is 0 Å². The average molecular weight is 496 g/mol. The number of benzene rings is 2. The fraction of sp³-hybridized carbons (Fsp3) is 0.308. The van der Waals surface area contributed by atoms with E-state index in [-0.39, 0.29) is 22.6 Å². The molecule has 1 aromatic heterocycles. The summed E-state index contributed by atoms with van der Waals surface area (Å²) in [6, 6.07) is 11.3. The van der Waals surface area contributed by atoms with Crippen LogP contribution >= 0.6 is 0 Å². The first kappa shape index (κ1) is 24.9. The summed E-state index contributed by atoms with van der Waals surface area (Å²) in [5.74, 6) is -1.45. The maximum absolute atomic E-state index is 14.0. The molecule has 0 bridgehead atoms. The first-order valence-electron chi connectivity index (χ1n) is 11.6. The van der Waals surface area contributed by atoms with Crippen molar-refractivity contribution in [2.24, 2.45) is 5.92 Å². The van der Waals surface area contributed by atoms with Crippen molar-refractivity contribution >= 4 is 23.7 Å². The molecule has 9 nitrogen and oxygen atoms in total. The normalized spacial score (nSPS) is 14.5. The van der Waals surface area contributed by atoms with E-state index in [1.807, 2.05) is 0 Å². The summed E-state index contributed by atoms with van der Waals surface area (Å²) >= 11 is 0. The third-order valence-corrected chi connectivity index (χ3v) is 6.00. The van der Waals surface area contributed by atoms with Crippen LogP contribution in [0.5, 0.6) is 0 Å². The first-order valence-corrected chi connectivity index (χ1v) is 11.6. The topological polar surface area (TPSA) is 131 Å². The number of nitrogens with zero attached hydrogens (tertiary/aromatic N) is 1. The number of carbonyl (C=O) groups excluding carboxylic acids is 2. The number of ether oxygens (including phenoxy) is 1. The molecule has 1 aliphatic rings. The second-order valence-corrected chi connectivity index (χ2v) is 8.79. The van der Waals surface area contributed by atoms with E-state index in [4.69, 9.17) is 9.26 Å². The Morgan fingerprint density at radius 1 is 1.17 bits per heavy atom. The molecule has 2 amide bonds. The van der Waals surface area contributed by atoms with Crippen LogP contribution in [0.15, 0.2) is 53.1 Å². The molecule has 3 N–H and O–H groups in total. The highest BCUT2D eigenvalue weighted by molar-refractivity contribution is 5.97. The van der Waals surface area contributed by atoms with Gasteiger partial charge in [0.05, 0.1) is 0 Å². The molecule has 1 saturated carbocycles. The van der Waals surface area contributed by atoms with Crippen LogP contribution in [-0.2, 0) is 9.53 Å². The van der Waals surface area contributed by atoms with Crippen molar-refractivity contribution in [3.8, 4) is 11.3 Å². The zero-order valence-electron chi connectivity index (χ0n) is 19.8.